The second-order valence-corrected chi connectivity index (χ2v) is 8.70. The summed E-state index contributed by atoms with van der Waals surface area (Å²) in [6.07, 6.45) is 2.89. The maximum Gasteiger partial charge on any atom is 0.319 e. The number of hydrogen-bond donors (Lipinski definition) is 0. The standard InChI is InChI=1S/C25H38N4O3/c1-21(2)13-15-29(25(31)26(3)4)20-24(30)28(16-17-32-5)19-23-12-9-14-27(23)18-22-10-7-6-8-11-22/h6-12,14,21H,13,15-20H2,1-5H3. The van der Waals surface area contributed by atoms with Crippen molar-refractivity contribution in [2.45, 2.75) is 33.4 Å². The first-order valence-corrected chi connectivity index (χ1v) is 11.2. The molecule has 2 aromatic rings. The molecule has 0 N–H and O–H groups in total. The number of methoxy groups -OCH3 is 1. The van der Waals surface area contributed by atoms with Gasteiger partial charge in [-0.15, -0.1) is 0 Å². The zero-order valence-electron chi connectivity index (χ0n) is 20.2. The van der Waals surface area contributed by atoms with Crippen LogP contribution < -0.4 is 0 Å². The third kappa shape index (κ3) is 8.04. The molecule has 1 aromatic carbocycles. The van der Waals surface area contributed by atoms with Gasteiger partial charge in [-0.3, -0.25) is 4.79 Å². The van der Waals surface area contributed by atoms with E-state index in [0.717, 1.165) is 18.7 Å². The van der Waals surface area contributed by atoms with Crippen molar-refractivity contribution in [2.24, 2.45) is 5.92 Å². The van der Waals surface area contributed by atoms with Crippen molar-refractivity contribution in [3.8, 4) is 0 Å². The van der Waals surface area contributed by atoms with Crippen LogP contribution in [0, 0.1) is 5.92 Å². The maximum atomic E-state index is 13.3. The Hall–Kier alpha value is -2.80. The zero-order valence-corrected chi connectivity index (χ0v) is 20.2. The number of rotatable bonds is 12. The second kappa shape index (κ2) is 12.9. The predicted molar refractivity (Wildman–Crippen MR) is 127 cm³/mol. The molecule has 7 heteroatoms. The van der Waals surface area contributed by atoms with Crippen molar-refractivity contribution in [3.05, 3.63) is 59.9 Å². The lowest BCUT2D eigenvalue weighted by atomic mass is 10.1. The lowest BCUT2D eigenvalue weighted by molar-refractivity contribution is -0.133. The first-order valence-electron chi connectivity index (χ1n) is 11.2. The van der Waals surface area contributed by atoms with Gasteiger partial charge in [0.15, 0.2) is 0 Å². The Balaban J connectivity index is 2.13. The Morgan fingerprint density at radius 2 is 1.72 bits per heavy atom. The Bertz CT molecular complexity index is 833. The highest BCUT2D eigenvalue weighted by atomic mass is 16.5. The summed E-state index contributed by atoms with van der Waals surface area (Å²) < 4.78 is 7.40. The summed E-state index contributed by atoms with van der Waals surface area (Å²) in [5.41, 5.74) is 2.25. The molecule has 1 aromatic heterocycles. The molecule has 7 nitrogen and oxygen atoms in total. The van der Waals surface area contributed by atoms with Gasteiger partial charge in [0.2, 0.25) is 5.91 Å². The molecule has 0 aliphatic heterocycles. The smallest absolute Gasteiger partial charge is 0.319 e. The van der Waals surface area contributed by atoms with Crippen LogP contribution in [-0.4, -0.2) is 78.7 Å². The molecule has 0 radical (unpaired) electrons. The minimum Gasteiger partial charge on any atom is -0.383 e. The molecule has 0 saturated heterocycles. The summed E-state index contributed by atoms with van der Waals surface area (Å²) in [5.74, 6) is 0.377. The van der Waals surface area contributed by atoms with E-state index in [4.69, 9.17) is 4.74 Å². The van der Waals surface area contributed by atoms with E-state index in [1.807, 2.05) is 36.5 Å². The minimum atomic E-state index is -0.141. The van der Waals surface area contributed by atoms with Crippen LogP contribution >= 0.6 is 0 Å². The molecule has 0 atom stereocenters. The van der Waals surface area contributed by atoms with Crippen LogP contribution in [0.5, 0.6) is 0 Å². The van der Waals surface area contributed by atoms with Crippen LogP contribution in [0.3, 0.4) is 0 Å². The van der Waals surface area contributed by atoms with Crippen LogP contribution in [0.15, 0.2) is 48.7 Å². The third-order valence-electron chi connectivity index (χ3n) is 5.35. The first kappa shape index (κ1) is 25.5. The van der Waals surface area contributed by atoms with Gasteiger partial charge >= 0.3 is 6.03 Å². The minimum absolute atomic E-state index is 0.0623. The fourth-order valence-electron chi connectivity index (χ4n) is 3.42. The van der Waals surface area contributed by atoms with Gasteiger partial charge in [-0.25, -0.2) is 4.79 Å². The molecule has 0 spiro atoms. The van der Waals surface area contributed by atoms with Gasteiger partial charge in [-0.2, -0.15) is 0 Å². The van der Waals surface area contributed by atoms with E-state index in [9.17, 15) is 9.59 Å². The third-order valence-corrected chi connectivity index (χ3v) is 5.35. The van der Waals surface area contributed by atoms with Gasteiger partial charge in [0.1, 0.15) is 6.54 Å². The molecule has 0 aliphatic carbocycles. The van der Waals surface area contributed by atoms with E-state index in [0.29, 0.717) is 32.2 Å². The topological polar surface area (TPSA) is 58.0 Å². The molecule has 176 valence electrons. The van der Waals surface area contributed by atoms with Crippen LogP contribution in [0.4, 0.5) is 4.79 Å². The number of carbonyl (C=O) groups excluding carboxylic acids is 2. The number of hydrogen-bond acceptors (Lipinski definition) is 3. The van der Waals surface area contributed by atoms with Crippen molar-refractivity contribution in [2.75, 3.05) is 47.4 Å². The highest BCUT2D eigenvalue weighted by Crippen LogP contribution is 2.12. The monoisotopic (exact) mass is 442 g/mol. The quantitative estimate of drug-likeness (QED) is 0.505. The van der Waals surface area contributed by atoms with Crippen molar-refractivity contribution in [1.29, 1.82) is 0 Å². The highest BCUT2D eigenvalue weighted by Gasteiger charge is 2.23. The van der Waals surface area contributed by atoms with Crippen molar-refractivity contribution < 1.29 is 14.3 Å². The summed E-state index contributed by atoms with van der Waals surface area (Å²) in [5, 5.41) is 0. The van der Waals surface area contributed by atoms with E-state index in [-0.39, 0.29) is 18.5 Å². The van der Waals surface area contributed by atoms with Gasteiger partial charge in [0, 0.05) is 52.7 Å². The van der Waals surface area contributed by atoms with Gasteiger partial charge in [0.05, 0.1) is 13.2 Å². The normalized spacial score (nSPS) is 10.9. The van der Waals surface area contributed by atoms with Crippen molar-refractivity contribution >= 4 is 11.9 Å². The summed E-state index contributed by atoms with van der Waals surface area (Å²) >= 11 is 0. The van der Waals surface area contributed by atoms with Crippen molar-refractivity contribution in [1.82, 2.24) is 19.3 Å². The molecule has 1 heterocycles. The highest BCUT2D eigenvalue weighted by molar-refractivity contribution is 5.84. The van der Waals surface area contributed by atoms with Crippen LogP contribution in [0.1, 0.15) is 31.5 Å². The van der Waals surface area contributed by atoms with Crippen LogP contribution in [0.25, 0.3) is 0 Å². The van der Waals surface area contributed by atoms with Gasteiger partial charge < -0.3 is 24.0 Å². The largest absolute Gasteiger partial charge is 0.383 e. The Morgan fingerprint density at radius 3 is 2.34 bits per heavy atom. The molecular weight excluding hydrogens is 404 g/mol. The van der Waals surface area contributed by atoms with Crippen molar-refractivity contribution in [3.63, 3.8) is 0 Å². The Morgan fingerprint density at radius 1 is 1.00 bits per heavy atom. The average Bonchev–Trinajstić information content (AvgIpc) is 3.20. The molecule has 3 amide bonds. The summed E-state index contributed by atoms with van der Waals surface area (Å²) in [7, 11) is 5.06. The SMILES string of the molecule is COCCN(Cc1cccn1Cc1ccccc1)C(=O)CN(CCC(C)C)C(=O)N(C)C. The van der Waals surface area contributed by atoms with E-state index >= 15 is 0 Å². The number of amides is 3. The predicted octanol–water partition coefficient (Wildman–Crippen LogP) is 3.54. The fourth-order valence-corrected chi connectivity index (χ4v) is 3.42. The molecule has 2 rings (SSSR count). The number of carbonyl (C=O) groups is 2. The lowest BCUT2D eigenvalue weighted by Crippen LogP contribution is -2.47. The van der Waals surface area contributed by atoms with E-state index in [2.05, 4.69) is 30.5 Å². The first-order chi connectivity index (χ1) is 15.3. The maximum absolute atomic E-state index is 13.3. The summed E-state index contributed by atoms with van der Waals surface area (Å²) in [6, 6.07) is 14.2. The van der Waals surface area contributed by atoms with Gasteiger partial charge in [-0.05, 0) is 30.0 Å². The van der Waals surface area contributed by atoms with E-state index in [1.54, 1.807) is 31.0 Å². The summed E-state index contributed by atoms with van der Waals surface area (Å²) in [4.78, 5) is 30.9. The lowest BCUT2D eigenvalue weighted by Gasteiger charge is -2.30. The molecule has 0 saturated carbocycles. The Kier molecular flexibility index (Phi) is 10.3. The fraction of sp³-hybridized carbons (Fsp3) is 0.520. The molecule has 32 heavy (non-hydrogen) atoms. The van der Waals surface area contributed by atoms with Crippen LogP contribution in [0.2, 0.25) is 0 Å². The number of urea groups is 1. The number of benzene rings is 1. The van der Waals surface area contributed by atoms with Crippen LogP contribution in [-0.2, 0) is 22.6 Å². The molecular formula is C25H38N4O3. The number of ether oxygens (including phenoxy) is 1. The Labute approximate surface area is 192 Å². The number of nitrogens with zero attached hydrogens (tertiary/aromatic N) is 4. The van der Waals surface area contributed by atoms with E-state index in [1.165, 1.54) is 10.5 Å². The average molecular weight is 443 g/mol. The second-order valence-electron chi connectivity index (χ2n) is 8.70. The van der Waals surface area contributed by atoms with Gasteiger partial charge in [-0.1, -0.05) is 44.2 Å². The van der Waals surface area contributed by atoms with Gasteiger partial charge in [0.25, 0.3) is 0 Å². The number of aromatic nitrogens is 1. The summed E-state index contributed by atoms with van der Waals surface area (Å²) in [6.45, 7) is 6.98. The molecule has 0 bridgehead atoms. The zero-order chi connectivity index (χ0) is 23.5. The van der Waals surface area contributed by atoms with E-state index < -0.39 is 0 Å². The molecule has 0 unspecified atom stereocenters. The molecule has 0 aliphatic rings. The molecule has 0 fully saturated rings.